The Morgan fingerprint density at radius 3 is 2.33 bits per heavy atom. The van der Waals surface area contributed by atoms with Gasteiger partial charge in [-0.05, 0) is 19.3 Å². The number of hydrogen-bond donors (Lipinski definition) is 2. The Bertz CT molecular complexity index is 341. The normalized spacial score (nSPS) is 19.1. The smallest absolute Gasteiger partial charge is 0.242 e. The average Bonchev–Trinajstić information content (AvgIpc) is 2.42. The van der Waals surface area contributed by atoms with Gasteiger partial charge in [-0.15, -0.1) is 0 Å². The van der Waals surface area contributed by atoms with Crippen LogP contribution in [0, 0.1) is 5.92 Å². The minimum Gasteiger partial charge on any atom is -0.379 e. The summed E-state index contributed by atoms with van der Waals surface area (Å²) in [5.41, 5.74) is 0. The molecule has 2 N–H and O–H groups in total. The Morgan fingerprint density at radius 1 is 1.19 bits per heavy atom. The van der Waals surface area contributed by atoms with Crippen molar-refractivity contribution in [2.75, 3.05) is 32.8 Å². The first-order valence-corrected chi connectivity index (χ1v) is 7.76. The van der Waals surface area contributed by atoms with Crippen molar-refractivity contribution in [1.82, 2.24) is 15.5 Å². The first-order valence-electron chi connectivity index (χ1n) is 7.76. The number of carbonyl (C=O) groups excluding carboxylic acids is 2. The fourth-order valence-corrected chi connectivity index (χ4v) is 2.59. The molecule has 2 amide bonds. The first-order chi connectivity index (χ1) is 9.90. The van der Waals surface area contributed by atoms with Gasteiger partial charge in [-0.2, -0.15) is 0 Å². The van der Waals surface area contributed by atoms with Gasteiger partial charge in [0.25, 0.3) is 0 Å². The van der Waals surface area contributed by atoms with E-state index in [1.807, 2.05) is 0 Å². The third-order valence-corrected chi connectivity index (χ3v) is 3.63. The Kier molecular flexibility index (Phi) is 7.67. The maximum atomic E-state index is 12.0. The first kappa shape index (κ1) is 17.9. The molecule has 2 unspecified atom stereocenters. The molecule has 0 radical (unpaired) electrons. The maximum Gasteiger partial charge on any atom is 0.242 e. The van der Waals surface area contributed by atoms with Gasteiger partial charge in [0.2, 0.25) is 11.8 Å². The molecule has 0 aliphatic carbocycles. The highest BCUT2D eigenvalue weighted by Crippen LogP contribution is 2.13. The molecule has 1 aliphatic heterocycles. The maximum absolute atomic E-state index is 12.0. The number of rotatable bonds is 7. The number of amides is 2. The molecule has 0 spiro atoms. The van der Waals surface area contributed by atoms with Gasteiger partial charge >= 0.3 is 0 Å². The van der Waals surface area contributed by atoms with Crippen LogP contribution in [0.25, 0.3) is 0 Å². The third kappa shape index (κ3) is 6.91. The molecule has 2 atom stereocenters. The van der Waals surface area contributed by atoms with Crippen LogP contribution in [-0.2, 0) is 14.3 Å². The van der Waals surface area contributed by atoms with E-state index in [1.165, 1.54) is 6.92 Å². The van der Waals surface area contributed by atoms with Gasteiger partial charge in [0.05, 0.1) is 13.2 Å². The minimum atomic E-state index is -0.494. The Balaban J connectivity index is 2.48. The summed E-state index contributed by atoms with van der Waals surface area (Å²) in [5, 5.41) is 5.56. The highest BCUT2D eigenvalue weighted by Gasteiger charge is 2.23. The molecular weight excluding hydrogens is 270 g/mol. The number of nitrogens with zero attached hydrogens (tertiary/aromatic N) is 1. The van der Waals surface area contributed by atoms with Crippen molar-refractivity contribution in [3.8, 4) is 0 Å². The largest absolute Gasteiger partial charge is 0.379 e. The lowest BCUT2D eigenvalue weighted by atomic mass is 10.0. The Morgan fingerprint density at radius 2 is 1.81 bits per heavy atom. The second kappa shape index (κ2) is 9.00. The molecule has 1 fully saturated rings. The molecule has 6 heteroatoms. The molecule has 21 heavy (non-hydrogen) atoms. The van der Waals surface area contributed by atoms with Crippen molar-refractivity contribution in [2.24, 2.45) is 5.92 Å². The van der Waals surface area contributed by atoms with E-state index in [1.54, 1.807) is 6.92 Å². The van der Waals surface area contributed by atoms with Gasteiger partial charge in [-0.25, -0.2) is 0 Å². The van der Waals surface area contributed by atoms with Crippen LogP contribution in [-0.4, -0.2) is 61.6 Å². The van der Waals surface area contributed by atoms with Crippen LogP contribution in [0.2, 0.25) is 0 Å². The van der Waals surface area contributed by atoms with Gasteiger partial charge in [0.1, 0.15) is 6.04 Å². The van der Waals surface area contributed by atoms with Crippen LogP contribution in [0.3, 0.4) is 0 Å². The molecule has 0 bridgehead atoms. The van der Waals surface area contributed by atoms with Crippen LogP contribution >= 0.6 is 0 Å². The van der Waals surface area contributed by atoms with Crippen LogP contribution in [0.15, 0.2) is 0 Å². The van der Waals surface area contributed by atoms with Gasteiger partial charge in [-0.3, -0.25) is 14.5 Å². The standard InChI is InChI=1S/C15H29N3O3/c1-11(2)9-14(18-5-7-21-8-6-18)10-16-15(20)12(3)17-13(4)19/h11-12,14H,5-10H2,1-4H3,(H,16,20)(H,17,19). The number of hydrogen-bond acceptors (Lipinski definition) is 4. The molecule has 122 valence electrons. The van der Waals surface area contributed by atoms with E-state index in [2.05, 4.69) is 29.4 Å². The van der Waals surface area contributed by atoms with Crippen LogP contribution < -0.4 is 10.6 Å². The van der Waals surface area contributed by atoms with E-state index in [9.17, 15) is 9.59 Å². The summed E-state index contributed by atoms with van der Waals surface area (Å²) in [7, 11) is 0. The van der Waals surface area contributed by atoms with Gasteiger partial charge in [-0.1, -0.05) is 13.8 Å². The van der Waals surface area contributed by atoms with E-state index in [4.69, 9.17) is 4.74 Å². The summed E-state index contributed by atoms with van der Waals surface area (Å²) in [4.78, 5) is 25.3. The van der Waals surface area contributed by atoms with Crippen molar-refractivity contribution in [2.45, 2.75) is 46.2 Å². The summed E-state index contributed by atoms with van der Waals surface area (Å²) in [5.74, 6) is 0.249. The number of morpholine rings is 1. The molecule has 1 heterocycles. The molecular formula is C15H29N3O3. The lowest BCUT2D eigenvalue weighted by molar-refractivity contribution is -0.127. The Labute approximate surface area is 127 Å². The molecule has 0 saturated carbocycles. The van der Waals surface area contributed by atoms with Crippen LogP contribution in [0.4, 0.5) is 0 Å². The van der Waals surface area contributed by atoms with Crippen molar-refractivity contribution in [3.63, 3.8) is 0 Å². The topological polar surface area (TPSA) is 70.7 Å². The number of nitrogens with one attached hydrogen (secondary N) is 2. The minimum absolute atomic E-state index is 0.132. The average molecular weight is 299 g/mol. The molecule has 0 aromatic carbocycles. The fraction of sp³-hybridized carbons (Fsp3) is 0.867. The van der Waals surface area contributed by atoms with Crippen molar-refractivity contribution in [3.05, 3.63) is 0 Å². The van der Waals surface area contributed by atoms with Gasteiger partial charge in [0, 0.05) is 32.6 Å². The molecule has 1 rings (SSSR count). The van der Waals surface area contributed by atoms with Crippen molar-refractivity contribution < 1.29 is 14.3 Å². The highest BCUT2D eigenvalue weighted by atomic mass is 16.5. The predicted molar refractivity (Wildman–Crippen MR) is 81.9 cm³/mol. The monoisotopic (exact) mass is 299 g/mol. The second-order valence-electron chi connectivity index (χ2n) is 6.10. The Hall–Kier alpha value is -1.14. The van der Waals surface area contributed by atoms with E-state index in [0.29, 0.717) is 18.5 Å². The van der Waals surface area contributed by atoms with Gasteiger partial charge < -0.3 is 15.4 Å². The fourth-order valence-electron chi connectivity index (χ4n) is 2.59. The van der Waals surface area contributed by atoms with Crippen molar-refractivity contribution >= 4 is 11.8 Å². The summed E-state index contributed by atoms with van der Waals surface area (Å²) in [6.07, 6.45) is 1.04. The molecule has 0 aromatic heterocycles. The molecule has 0 aromatic rings. The highest BCUT2D eigenvalue weighted by molar-refractivity contribution is 5.86. The van der Waals surface area contributed by atoms with Crippen molar-refractivity contribution in [1.29, 1.82) is 0 Å². The van der Waals surface area contributed by atoms with E-state index in [0.717, 1.165) is 32.7 Å². The zero-order valence-electron chi connectivity index (χ0n) is 13.6. The van der Waals surface area contributed by atoms with Crippen LogP contribution in [0.5, 0.6) is 0 Å². The number of carbonyl (C=O) groups is 2. The summed E-state index contributed by atoms with van der Waals surface area (Å²) in [6, 6.07) is -0.172. The summed E-state index contributed by atoms with van der Waals surface area (Å²) in [6.45, 7) is 11.4. The number of ether oxygens (including phenoxy) is 1. The van der Waals surface area contributed by atoms with E-state index < -0.39 is 6.04 Å². The SMILES string of the molecule is CC(=O)NC(C)C(=O)NCC(CC(C)C)N1CCOCC1. The lowest BCUT2D eigenvalue weighted by Gasteiger charge is -2.35. The second-order valence-corrected chi connectivity index (χ2v) is 6.10. The third-order valence-electron chi connectivity index (χ3n) is 3.63. The zero-order chi connectivity index (χ0) is 15.8. The predicted octanol–water partition coefficient (Wildman–Crippen LogP) is 0.374. The zero-order valence-corrected chi connectivity index (χ0v) is 13.6. The molecule has 6 nitrogen and oxygen atoms in total. The molecule has 1 aliphatic rings. The lowest BCUT2D eigenvalue weighted by Crippen LogP contribution is -2.52. The summed E-state index contributed by atoms with van der Waals surface area (Å²) >= 11 is 0. The van der Waals surface area contributed by atoms with E-state index in [-0.39, 0.29) is 11.8 Å². The van der Waals surface area contributed by atoms with Gasteiger partial charge in [0.15, 0.2) is 0 Å². The van der Waals surface area contributed by atoms with E-state index >= 15 is 0 Å². The summed E-state index contributed by atoms with van der Waals surface area (Å²) < 4.78 is 5.39. The quantitative estimate of drug-likeness (QED) is 0.713. The van der Waals surface area contributed by atoms with Crippen LogP contribution in [0.1, 0.15) is 34.1 Å². The molecule has 1 saturated heterocycles.